The first-order chi connectivity index (χ1) is 7.67. The maximum Gasteiger partial charge on any atom is 0.165 e. The van der Waals surface area contributed by atoms with Gasteiger partial charge in [0.05, 0.1) is 6.10 Å². The summed E-state index contributed by atoms with van der Waals surface area (Å²) in [6.07, 6.45) is 2.05. The van der Waals surface area contributed by atoms with Crippen molar-refractivity contribution < 1.29 is 9.13 Å². The third-order valence-corrected chi connectivity index (χ3v) is 2.40. The average Bonchev–Trinajstić information content (AvgIpc) is 2.23. The van der Waals surface area contributed by atoms with Crippen LogP contribution in [-0.4, -0.2) is 13.2 Å². The normalized spacial score (nSPS) is 12.5. The van der Waals surface area contributed by atoms with Crippen molar-refractivity contribution in [3.63, 3.8) is 0 Å². The summed E-state index contributed by atoms with van der Waals surface area (Å²) >= 11 is 0. The van der Waals surface area contributed by atoms with Crippen LogP contribution in [0, 0.1) is 5.82 Å². The summed E-state index contributed by atoms with van der Waals surface area (Å²) in [6.45, 7) is 4.72. The van der Waals surface area contributed by atoms with Crippen molar-refractivity contribution in [2.75, 3.05) is 7.05 Å². The highest BCUT2D eigenvalue weighted by molar-refractivity contribution is 5.29. The number of hydrogen-bond donors (Lipinski definition) is 1. The van der Waals surface area contributed by atoms with Crippen LogP contribution in [0.4, 0.5) is 4.39 Å². The lowest BCUT2D eigenvalue weighted by atomic mass is 10.2. The first-order valence-corrected chi connectivity index (χ1v) is 5.77. The smallest absolute Gasteiger partial charge is 0.165 e. The lowest BCUT2D eigenvalue weighted by Crippen LogP contribution is -2.12. The second kappa shape index (κ2) is 6.48. The monoisotopic (exact) mass is 225 g/mol. The fourth-order valence-corrected chi connectivity index (χ4v) is 1.64. The number of ether oxygens (including phenoxy) is 1. The van der Waals surface area contributed by atoms with E-state index < -0.39 is 0 Å². The summed E-state index contributed by atoms with van der Waals surface area (Å²) < 4.78 is 19.1. The summed E-state index contributed by atoms with van der Waals surface area (Å²) in [7, 11) is 1.84. The first-order valence-electron chi connectivity index (χ1n) is 5.77. The van der Waals surface area contributed by atoms with Gasteiger partial charge < -0.3 is 10.1 Å². The minimum atomic E-state index is -0.282. The van der Waals surface area contributed by atoms with Crippen molar-refractivity contribution in [1.29, 1.82) is 0 Å². The van der Waals surface area contributed by atoms with E-state index in [1.165, 1.54) is 6.07 Å². The molecule has 1 N–H and O–H groups in total. The molecule has 0 bridgehead atoms. The van der Waals surface area contributed by atoms with Crippen LogP contribution in [0.15, 0.2) is 18.2 Å². The van der Waals surface area contributed by atoms with Crippen molar-refractivity contribution in [2.45, 2.75) is 39.3 Å². The van der Waals surface area contributed by atoms with Crippen LogP contribution in [0.5, 0.6) is 5.75 Å². The molecule has 3 heteroatoms. The average molecular weight is 225 g/mol. The van der Waals surface area contributed by atoms with Gasteiger partial charge in [0.2, 0.25) is 0 Å². The number of nitrogens with one attached hydrogen (secondary N) is 1. The molecule has 1 unspecified atom stereocenters. The van der Waals surface area contributed by atoms with Crippen LogP contribution >= 0.6 is 0 Å². The van der Waals surface area contributed by atoms with Gasteiger partial charge in [0.25, 0.3) is 0 Å². The molecule has 0 aliphatic rings. The van der Waals surface area contributed by atoms with Crippen LogP contribution in [0.3, 0.4) is 0 Å². The molecule has 0 spiro atoms. The molecule has 0 radical (unpaired) electrons. The second-order valence-corrected chi connectivity index (χ2v) is 4.01. The molecule has 0 heterocycles. The Morgan fingerprint density at radius 2 is 2.19 bits per heavy atom. The zero-order valence-electron chi connectivity index (χ0n) is 10.2. The van der Waals surface area contributed by atoms with Gasteiger partial charge in [-0.3, -0.25) is 0 Å². The van der Waals surface area contributed by atoms with Gasteiger partial charge in [0, 0.05) is 6.54 Å². The van der Waals surface area contributed by atoms with Crippen LogP contribution in [-0.2, 0) is 6.54 Å². The number of halogens is 1. The van der Waals surface area contributed by atoms with E-state index in [0.717, 1.165) is 18.4 Å². The van der Waals surface area contributed by atoms with Crippen LogP contribution in [0.2, 0.25) is 0 Å². The topological polar surface area (TPSA) is 21.3 Å². The van der Waals surface area contributed by atoms with Gasteiger partial charge in [-0.2, -0.15) is 0 Å². The molecule has 2 nitrogen and oxygen atoms in total. The molecule has 0 aromatic heterocycles. The Kier molecular flexibility index (Phi) is 5.26. The van der Waals surface area contributed by atoms with E-state index >= 15 is 0 Å². The van der Waals surface area contributed by atoms with Gasteiger partial charge in [0.15, 0.2) is 11.6 Å². The molecule has 0 amide bonds. The highest BCUT2D eigenvalue weighted by atomic mass is 19.1. The van der Waals surface area contributed by atoms with Crippen molar-refractivity contribution in [1.82, 2.24) is 5.32 Å². The quantitative estimate of drug-likeness (QED) is 0.803. The summed E-state index contributed by atoms with van der Waals surface area (Å²) in [4.78, 5) is 0. The van der Waals surface area contributed by atoms with E-state index in [4.69, 9.17) is 4.74 Å². The maximum atomic E-state index is 13.6. The lowest BCUT2D eigenvalue weighted by molar-refractivity contribution is 0.200. The predicted octanol–water partition coefficient (Wildman–Crippen LogP) is 3.11. The Balaban J connectivity index is 2.67. The highest BCUT2D eigenvalue weighted by Gasteiger charge is 2.08. The second-order valence-electron chi connectivity index (χ2n) is 4.01. The van der Waals surface area contributed by atoms with E-state index in [-0.39, 0.29) is 11.9 Å². The SMILES string of the molecule is CCCC(C)Oc1ccc(CNC)cc1F. The molecule has 1 aromatic rings. The molecule has 1 aromatic carbocycles. The Morgan fingerprint density at radius 1 is 1.44 bits per heavy atom. The molecule has 0 saturated heterocycles. The van der Waals surface area contributed by atoms with Gasteiger partial charge >= 0.3 is 0 Å². The zero-order valence-corrected chi connectivity index (χ0v) is 10.2. The number of hydrogen-bond acceptors (Lipinski definition) is 2. The van der Waals surface area contributed by atoms with Gasteiger partial charge in [-0.05, 0) is 38.1 Å². The van der Waals surface area contributed by atoms with Gasteiger partial charge in [-0.1, -0.05) is 19.4 Å². The van der Waals surface area contributed by atoms with E-state index in [1.54, 1.807) is 6.07 Å². The van der Waals surface area contributed by atoms with Crippen molar-refractivity contribution in [2.24, 2.45) is 0 Å². The summed E-state index contributed by atoms with van der Waals surface area (Å²) in [5, 5.41) is 2.98. The molecular weight excluding hydrogens is 205 g/mol. The van der Waals surface area contributed by atoms with Crippen LogP contribution < -0.4 is 10.1 Å². The van der Waals surface area contributed by atoms with Crippen LogP contribution in [0.25, 0.3) is 0 Å². The Labute approximate surface area is 96.8 Å². The van der Waals surface area contributed by atoms with Crippen molar-refractivity contribution in [3.8, 4) is 5.75 Å². The standard InChI is InChI=1S/C13H20FNO/c1-4-5-10(2)16-13-7-6-11(9-15-3)8-12(13)14/h6-8,10,15H,4-5,9H2,1-3H3. The third kappa shape index (κ3) is 3.81. The van der Waals surface area contributed by atoms with Crippen molar-refractivity contribution in [3.05, 3.63) is 29.6 Å². The fraction of sp³-hybridized carbons (Fsp3) is 0.538. The van der Waals surface area contributed by atoms with Gasteiger partial charge in [0.1, 0.15) is 0 Å². The van der Waals surface area contributed by atoms with E-state index in [0.29, 0.717) is 12.3 Å². The first kappa shape index (κ1) is 13.0. The largest absolute Gasteiger partial charge is 0.488 e. The lowest BCUT2D eigenvalue weighted by Gasteiger charge is -2.14. The van der Waals surface area contributed by atoms with E-state index in [9.17, 15) is 4.39 Å². The molecule has 0 aliphatic heterocycles. The molecule has 0 saturated carbocycles. The molecule has 1 atom stereocenters. The minimum absolute atomic E-state index is 0.0645. The van der Waals surface area contributed by atoms with E-state index in [1.807, 2.05) is 20.0 Å². The molecule has 0 aliphatic carbocycles. The third-order valence-electron chi connectivity index (χ3n) is 2.40. The van der Waals surface area contributed by atoms with E-state index in [2.05, 4.69) is 12.2 Å². The fourth-order valence-electron chi connectivity index (χ4n) is 1.64. The molecular formula is C13H20FNO. The molecule has 1 rings (SSSR count). The summed E-state index contributed by atoms with van der Waals surface area (Å²) in [5.74, 6) is 0.0662. The van der Waals surface area contributed by atoms with Crippen molar-refractivity contribution >= 4 is 0 Å². The Morgan fingerprint density at radius 3 is 2.75 bits per heavy atom. The number of benzene rings is 1. The summed E-state index contributed by atoms with van der Waals surface area (Å²) in [5.41, 5.74) is 0.926. The van der Waals surface area contributed by atoms with Gasteiger partial charge in [-0.15, -0.1) is 0 Å². The predicted molar refractivity (Wildman–Crippen MR) is 64.2 cm³/mol. The van der Waals surface area contributed by atoms with Crippen LogP contribution in [0.1, 0.15) is 32.3 Å². The summed E-state index contributed by atoms with van der Waals surface area (Å²) in [6, 6.07) is 5.10. The number of rotatable bonds is 6. The molecule has 0 fully saturated rings. The Hall–Kier alpha value is -1.09. The highest BCUT2D eigenvalue weighted by Crippen LogP contribution is 2.20. The minimum Gasteiger partial charge on any atom is -0.488 e. The zero-order chi connectivity index (χ0) is 12.0. The molecule has 16 heavy (non-hydrogen) atoms. The Bertz CT molecular complexity index is 328. The molecule has 90 valence electrons. The van der Waals surface area contributed by atoms with Gasteiger partial charge in [-0.25, -0.2) is 4.39 Å². The maximum absolute atomic E-state index is 13.6.